The Morgan fingerprint density at radius 2 is 2.00 bits per heavy atom. The average Bonchev–Trinajstić information content (AvgIpc) is 2.40. The van der Waals surface area contributed by atoms with Crippen molar-refractivity contribution in [2.75, 3.05) is 13.2 Å². The molecule has 0 aliphatic carbocycles. The lowest BCUT2D eigenvalue weighted by Crippen LogP contribution is -2.51. The van der Waals surface area contributed by atoms with Gasteiger partial charge in [0.25, 0.3) is 0 Å². The van der Waals surface area contributed by atoms with E-state index in [0.717, 1.165) is 0 Å². The van der Waals surface area contributed by atoms with Crippen molar-refractivity contribution in [1.29, 1.82) is 0 Å². The van der Waals surface area contributed by atoms with Crippen LogP contribution in [0.2, 0.25) is 0 Å². The molecule has 0 saturated carbocycles. The third-order valence-electron chi connectivity index (χ3n) is 2.78. The van der Waals surface area contributed by atoms with Gasteiger partial charge >= 0.3 is 0 Å². The summed E-state index contributed by atoms with van der Waals surface area (Å²) in [5, 5.41) is 28.0. The molecule has 0 bridgehead atoms. The maximum Gasteiger partial charge on any atom is 0.154 e. The van der Waals surface area contributed by atoms with Crippen LogP contribution < -0.4 is 0 Å². The van der Waals surface area contributed by atoms with Gasteiger partial charge in [-0.3, -0.25) is 0 Å². The normalized spacial score (nSPS) is 51.5. The third-order valence-corrected chi connectivity index (χ3v) is 2.78. The van der Waals surface area contributed by atoms with Crippen LogP contribution in [0.15, 0.2) is 0 Å². The van der Waals surface area contributed by atoms with E-state index >= 15 is 0 Å². The van der Waals surface area contributed by atoms with Gasteiger partial charge in [-0.05, 0) is 6.42 Å². The minimum absolute atomic E-state index is 0.140. The Kier molecular flexibility index (Phi) is 2.29. The van der Waals surface area contributed by atoms with Gasteiger partial charge in [0, 0.05) is 6.42 Å². The second kappa shape index (κ2) is 3.18. The first-order chi connectivity index (χ1) is 6.14. The molecule has 5 nitrogen and oxygen atoms in total. The highest BCUT2D eigenvalue weighted by Crippen LogP contribution is 2.35. The summed E-state index contributed by atoms with van der Waals surface area (Å²) in [6.07, 6.45) is -1.55. The molecule has 2 fully saturated rings. The molecule has 0 radical (unpaired) electrons. The number of aliphatic hydroxyl groups is 3. The van der Waals surface area contributed by atoms with E-state index in [-0.39, 0.29) is 13.2 Å². The van der Waals surface area contributed by atoms with Gasteiger partial charge in [0.15, 0.2) is 6.29 Å². The molecule has 0 aromatic rings. The van der Waals surface area contributed by atoms with E-state index in [4.69, 9.17) is 14.6 Å². The molecule has 2 aliphatic rings. The van der Waals surface area contributed by atoms with Gasteiger partial charge in [-0.25, -0.2) is 0 Å². The van der Waals surface area contributed by atoms with E-state index in [2.05, 4.69) is 0 Å². The van der Waals surface area contributed by atoms with Crippen LogP contribution in [0, 0.1) is 0 Å². The quantitative estimate of drug-likeness (QED) is 0.438. The molecular weight excluding hydrogens is 176 g/mol. The number of aliphatic hydroxyl groups excluding tert-OH is 3. The number of hydrogen-bond donors (Lipinski definition) is 3. The number of hydrogen-bond acceptors (Lipinski definition) is 5. The molecule has 13 heavy (non-hydrogen) atoms. The zero-order valence-corrected chi connectivity index (χ0v) is 7.22. The van der Waals surface area contributed by atoms with Crippen molar-refractivity contribution in [1.82, 2.24) is 0 Å². The van der Waals surface area contributed by atoms with E-state index in [1.807, 2.05) is 0 Å². The standard InChI is InChI=1S/C8H14O5/c9-5-3-13-8(7(5)11)2-1-6(10)12-4-8/h5-7,9-11H,1-4H2. The first-order valence-corrected chi connectivity index (χ1v) is 4.44. The monoisotopic (exact) mass is 190 g/mol. The van der Waals surface area contributed by atoms with E-state index in [1.54, 1.807) is 0 Å². The summed E-state index contributed by atoms with van der Waals surface area (Å²) in [6.45, 7) is 0.285. The maximum atomic E-state index is 9.62. The van der Waals surface area contributed by atoms with Gasteiger partial charge in [-0.1, -0.05) is 0 Å². The maximum absolute atomic E-state index is 9.62. The molecular formula is C8H14O5. The molecule has 5 heteroatoms. The summed E-state index contributed by atoms with van der Waals surface area (Å²) in [5.41, 5.74) is -0.793. The second-order valence-electron chi connectivity index (χ2n) is 3.69. The molecule has 0 aromatic carbocycles. The van der Waals surface area contributed by atoms with Gasteiger partial charge in [-0.2, -0.15) is 0 Å². The minimum atomic E-state index is -0.903. The van der Waals surface area contributed by atoms with Crippen molar-refractivity contribution in [2.24, 2.45) is 0 Å². The van der Waals surface area contributed by atoms with Crippen molar-refractivity contribution in [3.63, 3.8) is 0 Å². The lowest BCUT2D eigenvalue weighted by atomic mass is 9.89. The summed E-state index contributed by atoms with van der Waals surface area (Å²) < 4.78 is 10.3. The summed E-state index contributed by atoms with van der Waals surface area (Å²) >= 11 is 0. The van der Waals surface area contributed by atoms with Gasteiger partial charge in [-0.15, -0.1) is 0 Å². The van der Waals surface area contributed by atoms with Crippen LogP contribution in [-0.2, 0) is 9.47 Å². The van der Waals surface area contributed by atoms with Crippen LogP contribution in [0.25, 0.3) is 0 Å². The number of ether oxygens (including phenoxy) is 2. The van der Waals surface area contributed by atoms with Crippen molar-refractivity contribution in [2.45, 2.75) is 36.9 Å². The second-order valence-corrected chi connectivity index (χ2v) is 3.69. The van der Waals surface area contributed by atoms with Gasteiger partial charge < -0.3 is 24.8 Å². The van der Waals surface area contributed by atoms with E-state index in [0.29, 0.717) is 12.8 Å². The fourth-order valence-electron chi connectivity index (χ4n) is 1.89. The summed E-state index contributed by atoms with van der Waals surface area (Å²) in [4.78, 5) is 0. The topological polar surface area (TPSA) is 79.2 Å². The molecule has 0 aromatic heterocycles. The van der Waals surface area contributed by atoms with Crippen LogP contribution >= 0.6 is 0 Å². The number of rotatable bonds is 0. The Morgan fingerprint density at radius 1 is 1.23 bits per heavy atom. The van der Waals surface area contributed by atoms with Gasteiger partial charge in [0.05, 0.1) is 13.2 Å². The molecule has 0 amide bonds. The molecule has 2 heterocycles. The van der Waals surface area contributed by atoms with Crippen LogP contribution in [0.5, 0.6) is 0 Å². The SMILES string of the molecule is OC1CCC2(CO1)OCC(O)C2O. The first-order valence-electron chi connectivity index (χ1n) is 4.44. The molecule has 2 aliphatic heterocycles. The predicted molar refractivity (Wildman–Crippen MR) is 41.9 cm³/mol. The van der Waals surface area contributed by atoms with Crippen molar-refractivity contribution >= 4 is 0 Å². The Bertz CT molecular complexity index is 187. The van der Waals surface area contributed by atoms with Crippen LogP contribution in [-0.4, -0.2) is 52.6 Å². The molecule has 1 spiro atoms. The highest BCUT2D eigenvalue weighted by Gasteiger charge is 2.51. The van der Waals surface area contributed by atoms with Gasteiger partial charge in [0.1, 0.15) is 17.8 Å². The smallest absolute Gasteiger partial charge is 0.154 e. The predicted octanol–water partition coefficient (Wildman–Crippen LogP) is -1.39. The van der Waals surface area contributed by atoms with Crippen molar-refractivity contribution in [3.05, 3.63) is 0 Å². The molecule has 2 saturated heterocycles. The van der Waals surface area contributed by atoms with Crippen LogP contribution in [0.4, 0.5) is 0 Å². The average molecular weight is 190 g/mol. The molecule has 3 N–H and O–H groups in total. The molecule has 4 unspecified atom stereocenters. The van der Waals surface area contributed by atoms with Crippen LogP contribution in [0.3, 0.4) is 0 Å². The van der Waals surface area contributed by atoms with E-state index in [9.17, 15) is 10.2 Å². The Labute approximate surface area is 75.9 Å². The summed E-state index contributed by atoms with van der Waals surface area (Å²) in [6, 6.07) is 0. The molecule has 2 rings (SSSR count). The molecule has 76 valence electrons. The first kappa shape index (κ1) is 9.36. The fourth-order valence-corrected chi connectivity index (χ4v) is 1.89. The summed E-state index contributed by atoms with van der Waals surface area (Å²) in [5.74, 6) is 0. The summed E-state index contributed by atoms with van der Waals surface area (Å²) in [7, 11) is 0. The third kappa shape index (κ3) is 1.47. The Hall–Kier alpha value is -0.200. The minimum Gasteiger partial charge on any atom is -0.388 e. The van der Waals surface area contributed by atoms with Crippen LogP contribution in [0.1, 0.15) is 12.8 Å². The fraction of sp³-hybridized carbons (Fsp3) is 1.00. The lowest BCUT2D eigenvalue weighted by molar-refractivity contribution is -0.213. The Morgan fingerprint density at radius 3 is 2.46 bits per heavy atom. The zero-order valence-electron chi connectivity index (χ0n) is 7.22. The lowest BCUT2D eigenvalue weighted by Gasteiger charge is -2.36. The molecule has 4 atom stereocenters. The van der Waals surface area contributed by atoms with E-state index in [1.165, 1.54) is 0 Å². The zero-order chi connectivity index (χ0) is 9.47. The Balaban J connectivity index is 2.05. The highest BCUT2D eigenvalue weighted by atomic mass is 16.6. The van der Waals surface area contributed by atoms with Crippen molar-refractivity contribution < 1.29 is 24.8 Å². The van der Waals surface area contributed by atoms with Crippen molar-refractivity contribution in [3.8, 4) is 0 Å². The largest absolute Gasteiger partial charge is 0.388 e. The highest BCUT2D eigenvalue weighted by molar-refractivity contribution is 4.99. The van der Waals surface area contributed by atoms with Gasteiger partial charge in [0.2, 0.25) is 0 Å². The van der Waals surface area contributed by atoms with E-state index < -0.39 is 24.1 Å².